The van der Waals surface area contributed by atoms with Crippen LogP contribution in [0.4, 0.5) is 19.3 Å². The van der Waals surface area contributed by atoms with Crippen molar-refractivity contribution >= 4 is 20.1 Å². The van der Waals surface area contributed by atoms with Crippen LogP contribution in [0.5, 0.6) is 5.75 Å². The molecule has 1 saturated carbocycles. The van der Waals surface area contributed by atoms with Crippen LogP contribution < -0.4 is 15.2 Å². The summed E-state index contributed by atoms with van der Waals surface area (Å²) in [5.74, 6) is -1.56. The Kier molecular flexibility index (Phi) is 9.08. The minimum absolute atomic E-state index is 0.0260. The first-order valence-electron chi connectivity index (χ1n) is 14.6. The molecule has 1 aliphatic heterocycles. The van der Waals surface area contributed by atoms with E-state index < -0.39 is 31.1 Å². The van der Waals surface area contributed by atoms with Gasteiger partial charge in [-0.2, -0.15) is 9.78 Å². The summed E-state index contributed by atoms with van der Waals surface area (Å²) in [5, 5.41) is 4.33. The van der Waals surface area contributed by atoms with E-state index >= 15 is 0 Å². The van der Waals surface area contributed by atoms with Crippen LogP contribution in [-0.4, -0.2) is 73.1 Å². The normalized spacial score (nSPS) is 20.1. The molecule has 232 valence electrons. The van der Waals surface area contributed by atoms with Crippen LogP contribution in [0.25, 0.3) is 5.69 Å². The Morgan fingerprint density at radius 1 is 0.952 bits per heavy atom. The molecule has 0 spiro atoms. The van der Waals surface area contributed by atoms with Gasteiger partial charge in [-0.05, 0) is 63.9 Å². The molecule has 0 N–H and O–H groups in total. The summed E-state index contributed by atoms with van der Waals surface area (Å²) < 4.78 is 47.6. The fourth-order valence-electron chi connectivity index (χ4n) is 4.94. The molecule has 2 aromatic rings. The summed E-state index contributed by atoms with van der Waals surface area (Å²) in [5.41, 5.74) is -0.770. The number of piperazine rings is 1. The molecular formula is C30H44F2N4O5Si. The average molecular weight is 607 g/mol. The number of hydrogen-bond acceptors (Lipinski definition) is 7. The van der Waals surface area contributed by atoms with E-state index in [9.17, 15) is 18.4 Å². The average Bonchev–Trinajstić information content (AvgIpc) is 3.29. The number of anilines is 1. The maximum absolute atomic E-state index is 14.0. The number of hydrogen-bond donors (Lipinski definition) is 0. The molecule has 1 aromatic carbocycles. The summed E-state index contributed by atoms with van der Waals surface area (Å²) in [6.07, 6.45) is 3.01. The minimum atomic E-state index is -1.99. The highest BCUT2D eigenvalue weighted by Crippen LogP contribution is 2.40. The zero-order chi connectivity index (χ0) is 31.0. The number of halogens is 2. The molecule has 9 nitrogen and oxygen atoms in total. The number of amides is 1. The van der Waals surface area contributed by atoms with Gasteiger partial charge in [0, 0.05) is 44.8 Å². The Bertz CT molecular complexity index is 1330. The summed E-state index contributed by atoms with van der Waals surface area (Å²) >= 11 is 0. The minimum Gasteiger partial charge on any atom is -0.483 e. The van der Waals surface area contributed by atoms with Gasteiger partial charge in [0.15, 0.2) is 8.32 Å². The molecular weight excluding hydrogens is 562 g/mol. The highest BCUT2D eigenvalue weighted by atomic mass is 28.4. The lowest BCUT2D eigenvalue weighted by Crippen LogP contribution is -2.50. The van der Waals surface area contributed by atoms with Crippen LogP contribution in [0.15, 0.2) is 29.2 Å². The van der Waals surface area contributed by atoms with E-state index in [0.717, 1.165) is 29.3 Å². The first-order chi connectivity index (χ1) is 19.4. The lowest BCUT2D eigenvalue weighted by Gasteiger charge is -2.38. The number of carbonyl (C=O) groups is 1. The number of ether oxygens (including phenoxy) is 2. The van der Waals surface area contributed by atoms with Crippen molar-refractivity contribution in [2.45, 2.75) is 96.7 Å². The molecule has 2 aliphatic rings. The van der Waals surface area contributed by atoms with Gasteiger partial charge >= 0.3 is 11.7 Å². The lowest BCUT2D eigenvalue weighted by atomic mass is 10.2. The van der Waals surface area contributed by atoms with Crippen LogP contribution in [0.1, 0.15) is 60.8 Å². The van der Waals surface area contributed by atoms with Crippen LogP contribution in [-0.2, 0) is 9.16 Å². The van der Waals surface area contributed by atoms with E-state index in [0.29, 0.717) is 44.7 Å². The summed E-state index contributed by atoms with van der Waals surface area (Å²) in [7, 11) is -1.99. The molecule has 42 heavy (non-hydrogen) atoms. The van der Waals surface area contributed by atoms with Gasteiger partial charge in [-0.1, -0.05) is 20.8 Å². The van der Waals surface area contributed by atoms with Crippen molar-refractivity contribution in [1.29, 1.82) is 0 Å². The smallest absolute Gasteiger partial charge is 0.410 e. The summed E-state index contributed by atoms with van der Waals surface area (Å²) in [6, 6.07) is 2.85. The second kappa shape index (κ2) is 11.9. The molecule has 2 heterocycles. The second-order valence-electron chi connectivity index (χ2n) is 13.7. The van der Waals surface area contributed by atoms with Crippen molar-refractivity contribution in [2.75, 3.05) is 31.1 Å². The third-order valence-electron chi connectivity index (χ3n) is 8.17. The number of benzene rings is 1. The second-order valence-corrected chi connectivity index (χ2v) is 18.5. The molecule has 1 amide bonds. The molecule has 1 aliphatic carbocycles. The van der Waals surface area contributed by atoms with Crippen LogP contribution in [0.3, 0.4) is 0 Å². The molecule has 12 heteroatoms. The predicted molar refractivity (Wildman–Crippen MR) is 160 cm³/mol. The highest BCUT2D eigenvalue weighted by molar-refractivity contribution is 6.74. The Hall–Kier alpha value is -2.99. The summed E-state index contributed by atoms with van der Waals surface area (Å²) in [4.78, 5) is 30.0. The van der Waals surface area contributed by atoms with Crippen molar-refractivity contribution in [2.24, 2.45) is 0 Å². The molecule has 2 atom stereocenters. The Labute approximate surface area is 247 Å². The maximum atomic E-state index is 14.0. The van der Waals surface area contributed by atoms with Gasteiger partial charge in [0.2, 0.25) is 5.75 Å². The van der Waals surface area contributed by atoms with Gasteiger partial charge in [0.25, 0.3) is 0 Å². The van der Waals surface area contributed by atoms with E-state index in [2.05, 4.69) is 39.0 Å². The van der Waals surface area contributed by atoms with Gasteiger partial charge in [-0.3, -0.25) is 4.79 Å². The first kappa shape index (κ1) is 31.9. The first-order valence-corrected chi connectivity index (χ1v) is 17.5. The largest absolute Gasteiger partial charge is 0.483 e. The van der Waals surface area contributed by atoms with Gasteiger partial charge in [0.05, 0.1) is 11.9 Å². The quantitative estimate of drug-likeness (QED) is 0.379. The number of carbonyl (C=O) groups excluding carboxylic acids is 1. The van der Waals surface area contributed by atoms with E-state index in [1.807, 2.05) is 25.7 Å². The van der Waals surface area contributed by atoms with Crippen molar-refractivity contribution in [1.82, 2.24) is 14.7 Å². The molecule has 2 fully saturated rings. The van der Waals surface area contributed by atoms with Crippen molar-refractivity contribution in [3.05, 3.63) is 46.4 Å². The van der Waals surface area contributed by atoms with Gasteiger partial charge in [-0.25, -0.2) is 13.6 Å². The fraction of sp³-hybridized carbons (Fsp3) is 0.633. The van der Waals surface area contributed by atoms with E-state index in [1.165, 1.54) is 6.20 Å². The highest BCUT2D eigenvalue weighted by Gasteiger charge is 2.41. The zero-order valence-corrected chi connectivity index (χ0v) is 27.0. The van der Waals surface area contributed by atoms with Crippen molar-refractivity contribution in [3.63, 3.8) is 0 Å². The SMILES string of the molecule is CC(C)(C)OC(=O)N1CCN(c2cnn(-c3cc(F)cc(F)c3)c(=O)c2O[C@H]2CC[C@@H](O[Si](C)(C)C(C)(C)C)C2)CC1. The van der Waals surface area contributed by atoms with Crippen LogP contribution >= 0.6 is 0 Å². The summed E-state index contributed by atoms with van der Waals surface area (Å²) in [6.45, 7) is 18.1. The van der Waals surface area contributed by atoms with Crippen LogP contribution in [0.2, 0.25) is 18.1 Å². The number of rotatable bonds is 6. The molecule has 0 unspecified atom stereocenters. The Balaban J connectivity index is 1.59. The Morgan fingerprint density at radius 3 is 2.12 bits per heavy atom. The third kappa shape index (κ3) is 7.50. The van der Waals surface area contributed by atoms with Gasteiger partial charge in [0.1, 0.15) is 29.0 Å². The zero-order valence-electron chi connectivity index (χ0n) is 26.0. The fourth-order valence-corrected chi connectivity index (χ4v) is 6.34. The van der Waals surface area contributed by atoms with Crippen molar-refractivity contribution < 1.29 is 27.5 Å². The molecule has 0 bridgehead atoms. The predicted octanol–water partition coefficient (Wildman–Crippen LogP) is 5.89. The maximum Gasteiger partial charge on any atom is 0.410 e. The van der Waals surface area contributed by atoms with Crippen LogP contribution in [0, 0.1) is 11.6 Å². The van der Waals surface area contributed by atoms with Crippen molar-refractivity contribution in [3.8, 4) is 11.4 Å². The molecule has 1 saturated heterocycles. The monoisotopic (exact) mass is 606 g/mol. The van der Waals surface area contributed by atoms with E-state index in [4.69, 9.17) is 13.9 Å². The Morgan fingerprint density at radius 2 is 1.55 bits per heavy atom. The topological polar surface area (TPSA) is 86.1 Å². The lowest BCUT2D eigenvalue weighted by molar-refractivity contribution is 0.0240. The molecule has 1 aromatic heterocycles. The number of aromatic nitrogens is 2. The van der Waals surface area contributed by atoms with Gasteiger partial charge in [-0.15, -0.1) is 0 Å². The number of nitrogens with zero attached hydrogens (tertiary/aromatic N) is 4. The molecule has 4 rings (SSSR count). The third-order valence-corrected chi connectivity index (χ3v) is 12.7. The van der Waals surface area contributed by atoms with E-state index in [1.54, 1.807) is 4.90 Å². The van der Waals surface area contributed by atoms with Gasteiger partial charge < -0.3 is 23.7 Å². The molecule has 0 radical (unpaired) electrons. The van der Waals surface area contributed by atoms with E-state index in [-0.39, 0.29) is 34.8 Å². The standard InChI is InChI=1S/C30H44F2N4O5Si/c1-29(2,3)40-28(38)35-13-11-34(12-14-35)25-19-33-36(22-16-20(31)15-21(32)17-22)27(37)26(25)39-23-9-10-24(18-23)41-42(7,8)30(4,5)6/h15-17,19,23-24H,9-14,18H2,1-8H3/t23-,24+/m0/s1.